The summed E-state index contributed by atoms with van der Waals surface area (Å²) >= 11 is 0. The predicted molar refractivity (Wildman–Crippen MR) is 88.5 cm³/mol. The second-order valence-corrected chi connectivity index (χ2v) is 5.18. The number of anilines is 2. The highest BCUT2D eigenvalue weighted by Gasteiger charge is 2.04. The molecule has 1 aromatic carbocycles. The van der Waals surface area contributed by atoms with Crippen LogP contribution in [0, 0.1) is 6.92 Å². The number of aryl methyl sites for hydroxylation is 1. The molecule has 0 amide bonds. The van der Waals surface area contributed by atoms with Crippen LogP contribution in [0.5, 0.6) is 0 Å². The van der Waals surface area contributed by atoms with Crippen LogP contribution >= 0.6 is 0 Å². The van der Waals surface area contributed by atoms with Gasteiger partial charge in [0.1, 0.15) is 5.82 Å². The topological polar surface area (TPSA) is 74.2 Å². The van der Waals surface area contributed by atoms with Crippen molar-refractivity contribution in [1.29, 1.82) is 0 Å². The number of rotatable bonds is 7. The highest BCUT2D eigenvalue weighted by Crippen LogP contribution is 2.17. The number of hydrogen-bond donors (Lipinski definition) is 3. The summed E-state index contributed by atoms with van der Waals surface area (Å²) in [7, 11) is 0. The van der Waals surface area contributed by atoms with Gasteiger partial charge in [-0.3, -0.25) is 0 Å². The molecule has 5 nitrogen and oxygen atoms in total. The van der Waals surface area contributed by atoms with Crippen LogP contribution in [0.15, 0.2) is 36.5 Å². The van der Waals surface area contributed by atoms with Crippen LogP contribution < -0.4 is 10.6 Å². The number of carboxylic acid groups (broad SMARTS) is 1. The van der Waals surface area contributed by atoms with Crippen molar-refractivity contribution in [3.05, 3.63) is 53.2 Å². The molecule has 5 heteroatoms. The van der Waals surface area contributed by atoms with Gasteiger partial charge in [-0.1, -0.05) is 19.1 Å². The van der Waals surface area contributed by atoms with Gasteiger partial charge in [0.25, 0.3) is 0 Å². The normalized spacial score (nSPS) is 10.3. The van der Waals surface area contributed by atoms with Gasteiger partial charge < -0.3 is 15.7 Å². The van der Waals surface area contributed by atoms with Crippen LogP contribution in [-0.4, -0.2) is 22.6 Å². The monoisotopic (exact) mass is 299 g/mol. The second kappa shape index (κ2) is 7.45. The van der Waals surface area contributed by atoms with E-state index in [0.29, 0.717) is 12.1 Å². The number of pyridine rings is 1. The lowest BCUT2D eigenvalue weighted by Crippen LogP contribution is -2.06. The highest BCUT2D eigenvalue weighted by atomic mass is 16.4. The molecule has 1 heterocycles. The number of carbonyl (C=O) groups is 1. The summed E-state index contributed by atoms with van der Waals surface area (Å²) in [5, 5.41) is 15.5. The first-order valence-corrected chi connectivity index (χ1v) is 7.36. The molecule has 0 saturated carbocycles. The fraction of sp³-hybridized carbons (Fsp3) is 0.294. The van der Waals surface area contributed by atoms with E-state index in [4.69, 9.17) is 5.11 Å². The second-order valence-electron chi connectivity index (χ2n) is 5.18. The molecular formula is C17H21N3O2. The van der Waals surface area contributed by atoms with Crippen LogP contribution in [0.1, 0.15) is 34.8 Å². The third kappa shape index (κ3) is 4.22. The fourth-order valence-electron chi connectivity index (χ4n) is 2.12. The Morgan fingerprint density at radius 3 is 2.77 bits per heavy atom. The Kier molecular flexibility index (Phi) is 5.36. The molecule has 0 bridgehead atoms. The molecule has 1 aromatic heterocycles. The number of carboxylic acids is 1. The zero-order valence-corrected chi connectivity index (χ0v) is 12.9. The first-order chi connectivity index (χ1) is 10.6. The number of nitrogens with zero attached hydrogens (tertiary/aromatic N) is 1. The van der Waals surface area contributed by atoms with Crippen molar-refractivity contribution in [3.8, 4) is 0 Å². The molecule has 0 aliphatic rings. The smallest absolute Gasteiger partial charge is 0.335 e. The first kappa shape index (κ1) is 15.8. The van der Waals surface area contributed by atoms with Crippen LogP contribution in [-0.2, 0) is 6.54 Å². The Balaban J connectivity index is 2.01. The minimum Gasteiger partial charge on any atom is -0.478 e. The van der Waals surface area contributed by atoms with Crippen LogP contribution in [0.2, 0.25) is 0 Å². The van der Waals surface area contributed by atoms with E-state index in [1.54, 1.807) is 24.4 Å². The SMILES string of the molecule is CCCNc1ncc(NCc2cccc(C(=O)O)c2)cc1C. The van der Waals surface area contributed by atoms with E-state index in [-0.39, 0.29) is 0 Å². The quantitative estimate of drug-likeness (QED) is 0.729. The average molecular weight is 299 g/mol. The molecule has 2 rings (SSSR count). The van der Waals surface area contributed by atoms with Gasteiger partial charge in [0.15, 0.2) is 0 Å². The molecule has 3 N–H and O–H groups in total. The maximum Gasteiger partial charge on any atom is 0.335 e. The van der Waals surface area contributed by atoms with E-state index >= 15 is 0 Å². The van der Waals surface area contributed by atoms with Crippen molar-refractivity contribution in [2.45, 2.75) is 26.8 Å². The largest absolute Gasteiger partial charge is 0.478 e. The summed E-state index contributed by atoms with van der Waals surface area (Å²) in [6.07, 6.45) is 2.84. The summed E-state index contributed by atoms with van der Waals surface area (Å²) in [6, 6.07) is 8.95. The van der Waals surface area contributed by atoms with Gasteiger partial charge >= 0.3 is 5.97 Å². The highest BCUT2D eigenvalue weighted by molar-refractivity contribution is 5.87. The number of nitrogens with one attached hydrogen (secondary N) is 2. The van der Waals surface area contributed by atoms with Gasteiger partial charge in [0, 0.05) is 13.1 Å². The molecule has 116 valence electrons. The standard InChI is InChI=1S/C17H21N3O2/c1-3-7-18-16-12(2)8-15(11-20-16)19-10-13-5-4-6-14(9-13)17(21)22/h4-6,8-9,11,19H,3,7,10H2,1-2H3,(H,18,20)(H,21,22). The molecule has 0 unspecified atom stereocenters. The lowest BCUT2D eigenvalue weighted by Gasteiger charge is -2.11. The lowest BCUT2D eigenvalue weighted by atomic mass is 10.1. The summed E-state index contributed by atoms with van der Waals surface area (Å²) in [4.78, 5) is 15.4. The molecule has 0 saturated heterocycles. The van der Waals surface area contributed by atoms with E-state index in [9.17, 15) is 4.79 Å². The van der Waals surface area contributed by atoms with Gasteiger partial charge in [-0.05, 0) is 42.7 Å². The van der Waals surface area contributed by atoms with Crippen LogP contribution in [0.4, 0.5) is 11.5 Å². The minimum absolute atomic E-state index is 0.299. The van der Waals surface area contributed by atoms with E-state index in [2.05, 4.69) is 22.5 Å². The maximum atomic E-state index is 11.0. The Morgan fingerprint density at radius 1 is 1.27 bits per heavy atom. The molecule has 0 radical (unpaired) electrons. The van der Waals surface area contributed by atoms with E-state index in [0.717, 1.165) is 35.6 Å². The number of aromatic nitrogens is 1. The summed E-state index contributed by atoms with van der Waals surface area (Å²) in [5.74, 6) is -0.00835. The van der Waals surface area contributed by atoms with E-state index in [1.807, 2.05) is 19.1 Å². The fourth-order valence-corrected chi connectivity index (χ4v) is 2.12. The molecular weight excluding hydrogens is 278 g/mol. The van der Waals surface area contributed by atoms with E-state index < -0.39 is 5.97 Å². The Bertz CT molecular complexity index is 656. The predicted octanol–water partition coefficient (Wildman–Crippen LogP) is 3.52. The molecule has 0 aliphatic heterocycles. The molecule has 0 fully saturated rings. The van der Waals surface area contributed by atoms with Crippen molar-refractivity contribution < 1.29 is 9.90 Å². The van der Waals surface area contributed by atoms with Crippen LogP contribution in [0.3, 0.4) is 0 Å². The van der Waals surface area contributed by atoms with Crippen molar-refractivity contribution >= 4 is 17.5 Å². The van der Waals surface area contributed by atoms with E-state index in [1.165, 1.54) is 0 Å². The van der Waals surface area contributed by atoms with Gasteiger partial charge in [-0.15, -0.1) is 0 Å². The number of benzene rings is 1. The Labute approximate surface area is 130 Å². The molecule has 0 atom stereocenters. The van der Waals surface area contributed by atoms with Crippen molar-refractivity contribution in [3.63, 3.8) is 0 Å². The Hall–Kier alpha value is -2.56. The summed E-state index contributed by atoms with van der Waals surface area (Å²) in [6.45, 7) is 5.59. The van der Waals surface area contributed by atoms with Gasteiger partial charge in [-0.25, -0.2) is 9.78 Å². The van der Waals surface area contributed by atoms with Crippen molar-refractivity contribution in [2.75, 3.05) is 17.2 Å². The molecule has 2 aromatic rings. The van der Waals surface area contributed by atoms with Gasteiger partial charge in [0.2, 0.25) is 0 Å². The third-order valence-corrected chi connectivity index (χ3v) is 3.29. The molecule has 22 heavy (non-hydrogen) atoms. The van der Waals surface area contributed by atoms with Crippen molar-refractivity contribution in [2.24, 2.45) is 0 Å². The molecule has 0 spiro atoms. The van der Waals surface area contributed by atoms with Gasteiger partial charge in [0.05, 0.1) is 17.4 Å². The molecule has 0 aliphatic carbocycles. The minimum atomic E-state index is -0.911. The van der Waals surface area contributed by atoms with Gasteiger partial charge in [-0.2, -0.15) is 0 Å². The third-order valence-electron chi connectivity index (χ3n) is 3.29. The zero-order chi connectivity index (χ0) is 15.9. The maximum absolute atomic E-state index is 11.0. The first-order valence-electron chi connectivity index (χ1n) is 7.36. The Morgan fingerprint density at radius 2 is 2.09 bits per heavy atom. The number of aromatic carboxylic acids is 1. The summed E-state index contributed by atoms with van der Waals surface area (Å²) < 4.78 is 0. The lowest BCUT2D eigenvalue weighted by molar-refractivity contribution is 0.0697. The average Bonchev–Trinajstić information content (AvgIpc) is 2.52. The van der Waals surface area contributed by atoms with Crippen LogP contribution in [0.25, 0.3) is 0 Å². The zero-order valence-electron chi connectivity index (χ0n) is 12.9. The number of hydrogen-bond acceptors (Lipinski definition) is 4. The summed E-state index contributed by atoms with van der Waals surface area (Å²) in [5.41, 5.74) is 3.22. The van der Waals surface area contributed by atoms with Crippen molar-refractivity contribution in [1.82, 2.24) is 4.98 Å².